The van der Waals surface area contributed by atoms with Gasteiger partial charge in [-0.05, 0) is 48.1 Å². The van der Waals surface area contributed by atoms with Crippen LogP contribution in [0.15, 0.2) is 60.8 Å². The molecule has 2 N–H and O–H groups in total. The van der Waals surface area contributed by atoms with Gasteiger partial charge >= 0.3 is 0 Å². The molecule has 130 valence electrons. The number of amides is 1. The van der Waals surface area contributed by atoms with Crippen molar-refractivity contribution < 1.29 is 9.18 Å². The second-order valence-corrected chi connectivity index (χ2v) is 6.50. The number of carbonyl (C=O) groups excluding carboxylic acids is 1. The molecule has 1 heterocycles. The summed E-state index contributed by atoms with van der Waals surface area (Å²) in [6.45, 7) is 4.35. The first-order chi connectivity index (χ1) is 12.1. The average Bonchev–Trinajstić information content (AvgIpc) is 2.61. The maximum absolute atomic E-state index is 13.3. The Morgan fingerprint density at radius 1 is 1.16 bits per heavy atom. The first-order valence-electron chi connectivity index (χ1n) is 8.62. The number of fused-ring (bicyclic) bond motifs is 1. The molecule has 1 aliphatic rings. The maximum atomic E-state index is 13.3. The van der Waals surface area contributed by atoms with E-state index in [1.54, 1.807) is 12.1 Å². The highest BCUT2D eigenvalue weighted by Gasteiger charge is 2.31. The van der Waals surface area contributed by atoms with E-state index in [2.05, 4.69) is 18.7 Å². The van der Waals surface area contributed by atoms with Gasteiger partial charge in [0.1, 0.15) is 5.82 Å². The topological polar surface area (TPSA) is 46.3 Å². The number of nitrogens with two attached hydrogens (primary N) is 1. The zero-order valence-corrected chi connectivity index (χ0v) is 14.2. The highest BCUT2D eigenvalue weighted by atomic mass is 19.1. The summed E-state index contributed by atoms with van der Waals surface area (Å²) in [6.07, 6.45) is 2.62. The van der Waals surface area contributed by atoms with Crippen LogP contribution >= 0.6 is 0 Å². The summed E-state index contributed by atoms with van der Waals surface area (Å²) in [5.41, 5.74) is 9.51. The van der Waals surface area contributed by atoms with E-state index in [9.17, 15) is 9.18 Å². The van der Waals surface area contributed by atoms with E-state index >= 15 is 0 Å². The molecular weight excluding hydrogens is 315 g/mol. The van der Waals surface area contributed by atoms with Gasteiger partial charge in [0.2, 0.25) is 5.91 Å². The zero-order valence-electron chi connectivity index (χ0n) is 14.2. The van der Waals surface area contributed by atoms with E-state index in [4.69, 9.17) is 5.73 Å². The van der Waals surface area contributed by atoms with Crippen LogP contribution in [0.25, 0.3) is 0 Å². The molecule has 25 heavy (non-hydrogen) atoms. The molecule has 0 aliphatic carbocycles. The van der Waals surface area contributed by atoms with Gasteiger partial charge in [0.15, 0.2) is 0 Å². The molecule has 0 fully saturated rings. The van der Waals surface area contributed by atoms with Crippen LogP contribution in [0.1, 0.15) is 42.0 Å². The van der Waals surface area contributed by atoms with Crippen molar-refractivity contribution in [3.8, 4) is 0 Å². The third-order valence-corrected chi connectivity index (χ3v) is 4.68. The zero-order chi connectivity index (χ0) is 17.8. The van der Waals surface area contributed by atoms with Crippen molar-refractivity contribution in [1.82, 2.24) is 4.90 Å². The molecule has 2 aromatic rings. The third-order valence-electron chi connectivity index (χ3n) is 4.68. The predicted molar refractivity (Wildman–Crippen MR) is 97.3 cm³/mol. The van der Waals surface area contributed by atoms with Gasteiger partial charge in [0.05, 0.1) is 6.04 Å². The van der Waals surface area contributed by atoms with Crippen LogP contribution in [-0.2, 0) is 11.2 Å². The molecule has 0 radical (unpaired) electrons. The molecular formula is C21H23FN2O. The van der Waals surface area contributed by atoms with Gasteiger partial charge in [-0.1, -0.05) is 43.0 Å². The monoisotopic (exact) mass is 338 g/mol. The van der Waals surface area contributed by atoms with Crippen LogP contribution in [-0.4, -0.2) is 17.4 Å². The Balaban J connectivity index is 1.90. The van der Waals surface area contributed by atoms with Crippen LogP contribution in [0.2, 0.25) is 0 Å². The third kappa shape index (κ3) is 3.90. The molecule has 0 spiro atoms. The Labute approximate surface area is 148 Å². The van der Waals surface area contributed by atoms with Crippen LogP contribution < -0.4 is 5.73 Å². The lowest BCUT2D eigenvalue weighted by Gasteiger charge is -2.38. The summed E-state index contributed by atoms with van der Waals surface area (Å²) >= 11 is 0. The summed E-state index contributed by atoms with van der Waals surface area (Å²) < 4.78 is 13.3. The largest absolute Gasteiger partial charge is 0.403 e. The maximum Gasteiger partial charge on any atom is 0.223 e. The molecule has 4 heteroatoms. The summed E-state index contributed by atoms with van der Waals surface area (Å²) in [5, 5.41) is 0. The quantitative estimate of drug-likeness (QED) is 0.897. The molecule has 0 saturated heterocycles. The molecule has 0 saturated carbocycles. The lowest BCUT2D eigenvalue weighted by atomic mass is 9.88. The first-order valence-corrected chi connectivity index (χ1v) is 8.62. The van der Waals surface area contributed by atoms with Crippen molar-refractivity contribution in [3.63, 3.8) is 0 Å². The van der Waals surface area contributed by atoms with Crippen LogP contribution in [0.3, 0.4) is 0 Å². The van der Waals surface area contributed by atoms with E-state index in [1.807, 2.05) is 17.0 Å². The molecule has 1 atom stereocenters. The molecule has 3 nitrogen and oxygen atoms in total. The summed E-state index contributed by atoms with van der Waals surface area (Å²) in [4.78, 5) is 14.7. The van der Waals surface area contributed by atoms with Crippen molar-refractivity contribution in [2.45, 2.75) is 31.7 Å². The first kappa shape index (κ1) is 17.2. The fraction of sp³-hybridized carbons (Fsp3) is 0.286. The van der Waals surface area contributed by atoms with Crippen molar-refractivity contribution in [2.24, 2.45) is 5.73 Å². The van der Waals surface area contributed by atoms with Gasteiger partial charge in [-0.3, -0.25) is 4.79 Å². The SMILES string of the molecule is C=C(N)CCCC(=O)N1CCc2ccccc2C1c1ccc(F)cc1. The average molecular weight is 338 g/mol. The highest BCUT2D eigenvalue weighted by Crippen LogP contribution is 2.35. The smallest absolute Gasteiger partial charge is 0.223 e. The van der Waals surface area contributed by atoms with Gasteiger partial charge in [-0.2, -0.15) is 0 Å². The minimum Gasteiger partial charge on any atom is -0.403 e. The van der Waals surface area contributed by atoms with Crippen LogP contribution in [0.4, 0.5) is 4.39 Å². The summed E-state index contributed by atoms with van der Waals surface area (Å²) in [5.74, 6) is -0.169. The number of benzene rings is 2. The van der Waals surface area contributed by atoms with Crippen molar-refractivity contribution in [1.29, 1.82) is 0 Å². The van der Waals surface area contributed by atoms with E-state index in [0.29, 0.717) is 31.5 Å². The number of nitrogens with zero attached hydrogens (tertiary/aromatic N) is 1. The molecule has 1 amide bonds. The summed E-state index contributed by atoms with van der Waals surface area (Å²) in [7, 11) is 0. The van der Waals surface area contributed by atoms with E-state index in [1.165, 1.54) is 17.7 Å². The van der Waals surface area contributed by atoms with Crippen LogP contribution in [0.5, 0.6) is 0 Å². The fourth-order valence-corrected chi connectivity index (χ4v) is 3.45. The Bertz CT molecular complexity index is 770. The lowest BCUT2D eigenvalue weighted by molar-refractivity contribution is -0.133. The van der Waals surface area contributed by atoms with E-state index in [-0.39, 0.29) is 17.8 Å². The number of hydrogen-bond donors (Lipinski definition) is 1. The van der Waals surface area contributed by atoms with Gasteiger partial charge in [0, 0.05) is 18.7 Å². The molecule has 0 bridgehead atoms. The van der Waals surface area contributed by atoms with Gasteiger partial charge in [-0.15, -0.1) is 0 Å². The Morgan fingerprint density at radius 2 is 1.88 bits per heavy atom. The second kappa shape index (κ2) is 7.51. The number of halogens is 1. The van der Waals surface area contributed by atoms with Gasteiger partial charge in [-0.25, -0.2) is 4.39 Å². The number of rotatable bonds is 5. The standard InChI is InChI=1S/C21H23FN2O/c1-15(23)5-4-8-20(25)24-14-13-16-6-2-3-7-19(16)21(24)17-9-11-18(22)12-10-17/h2-3,6-7,9-12,21H,1,4-5,8,13-14,23H2. The summed E-state index contributed by atoms with van der Waals surface area (Å²) in [6, 6.07) is 14.4. The van der Waals surface area contributed by atoms with Crippen molar-refractivity contribution in [3.05, 3.63) is 83.3 Å². The normalized spacial score (nSPS) is 16.4. The molecule has 1 aliphatic heterocycles. The number of hydrogen-bond acceptors (Lipinski definition) is 2. The predicted octanol–water partition coefficient (Wildman–Crippen LogP) is 3.94. The molecule has 3 rings (SSSR count). The fourth-order valence-electron chi connectivity index (χ4n) is 3.45. The lowest BCUT2D eigenvalue weighted by Crippen LogP contribution is -2.40. The van der Waals surface area contributed by atoms with Crippen molar-refractivity contribution in [2.75, 3.05) is 6.54 Å². The highest BCUT2D eigenvalue weighted by molar-refractivity contribution is 5.77. The minimum atomic E-state index is -0.271. The molecule has 2 aromatic carbocycles. The van der Waals surface area contributed by atoms with E-state index < -0.39 is 0 Å². The number of carbonyl (C=O) groups is 1. The molecule has 1 unspecified atom stereocenters. The Kier molecular flexibility index (Phi) is 5.17. The van der Waals surface area contributed by atoms with E-state index in [0.717, 1.165) is 17.5 Å². The van der Waals surface area contributed by atoms with Gasteiger partial charge < -0.3 is 10.6 Å². The molecule has 0 aromatic heterocycles. The minimum absolute atomic E-state index is 0.102. The Morgan fingerprint density at radius 3 is 2.60 bits per heavy atom. The van der Waals surface area contributed by atoms with Crippen LogP contribution in [0, 0.1) is 5.82 Å². The second-order valence-electron chi connectivity index (χ2n) is 6.50. The number of allylic oxidation sites excluding steroid dienone is 1. The van der Waals surface area contributed by atoms with Crippen molar-refractivity contribution >= 4 is 5.91 Å². The van der Waals surface area contributed by atoms with Gasteiger partial charge in [0.25, 0.3) is 0 Å². The Hall–Kier alpha value is -2.62.